The molecule has 2 rings (SSSR count). The molecule has 1 heterocycles. The van der Waals surface area contributed by atoms with Crippen molar-refractivity contribution in [3.63, 3.8) is 0 Å². The van der Waals surface area contributed by atoms with E-state index in [1.807, 2.05) is 0 Å². The molecule has 1 aromatic rings. The molecule has 1 aliphatic heterocycles. The zero-order valence-corrected chi connectivity index (χ0v) is 11.9. The minimum atomic E-state index is -0.995. The Labute approximate surface area is 116 Å². The Morgan fingerprint density at radius 2 is 2.00 bits per heavy atom. The summed E-state index contributed by atoms with van der Waals surface area (Å²) >= 11 is 0. The molecule has 2 amide bonds. The van der Waals surface area contributed by atoms with Crippen LogP contribution in [0.15, 0.2) is 18.2 Å². The van der Waals surface area contributed by atoms with Crippen molar-refractivity contribution in [2.24, 2.45) is 0 Å². The summed E-state index contributed by atoms with van der Waals surface area (Å²) in [6.45, 7) is 4.89. The number of piperazine rings is 1. The van der Waals surface area contributed by atoms with Crippen LogP contribution in [0, 0.1) is 5.82 Å². The lowest BCUT2D eigenvalue weighted by molar-refractivity contribution is -0.136. The van der Waals surface area contributed by atoms with E-state index in [0.717, 1.165) is 0 Å². The molecule has 5 nitrogen and oxygen atoms in total. The highest BCUT2D eigenvalue weighted by Crippen LogP contribution is 2.29. The summed E-state index contributed by atoms with van der Waals surface area (Å²) in [5, 5.41) is 2.66. The molecule has 1 unspecified atom stereocenters. The van der Waals surface area contributed by atoms with Crippen LogP contribution < -0.4 is 15.0 Å². The maximum absolute atomic E-state index is 13.5. The quantitative estimate of drug-likeness (QED) is 0.892. The van der Waals surface area contributed by atoms with E-state index in [1.165, 1.54) is 30.2 Å². The van der Waals surface area contributed by atoms with E-state index in [2.05, 4.69) is 5.32 Å². The average molecular weight is 280 g/mol. The van der Waals surface area contributed by atoms with E-state index < -0.39 is 17.4 Å². The molecule has 0 saturated carbocycles. The smallest absolute Gasteiger partial charge is 0.252 e. The molecule has 108 valence electrons. The SMILES string of the molecule is COc1cc(N2C(=O)C(C)(C)NC(=O)C2C)ccc1F. The van der Waals surface area contributed by atoms with Crippen molar-refractivity contribution in [2.45, 2.75) is 32.4 Å². The topological polar surface area (TPSA) is 58.6 Å². The number of hydrogen-bond donors (Lipinski definition) is 1. The number of ether oxygens (including phenoxy) is 1. The van der Waals surface area contributed by atoms with Crippen molar-refractivity contribution in [2.75, 3.05) is 12.0 Å². The van der Waals surface area contributed by atoms with E-state index in [1.54, 1.807) is 20.8 Å². The third kappa shape index (κ3) is 2.21. The second-order valence-electron chi connectivity index (χ2n) is 5.28. The molecule has 0 aromatic heterocycles. The van der Waals surface area contributed by atoms with Crippen molar-refractivity contribution in [3.05, 3.63) is 24.0 Å². The van der Waals surface area contributed by atoms with Crippen LogP contribution in [0.2, 0.25) is 0 Å². The summed E-state index contributed by atoms with van der Waals surface area (Å²) < 4.78 is 18.4. The highest BCUT2D eigenvalue weighted by atomic mass is 19.1. The lowest BCUT2D eigenvalue weighted by Gasteiger charge is -2.41. The van der Waals surface area contributed by atoms with E-state index >= 15 is 0 Å². The van der Waals surface area contributed by atoms with Gasteiger partial charge in [0.05, 0.1) is 7.11 Å². The number of carbonyl (C=O) groups excluding carboxylic acids is 2. The van der Waals surface area contributed by atoms with E-state index in [0.29, 0.717) is 5.69 Å². The summed E-state index contributed by atoms with van der Waals surface area (Å²) in [5.74, 6) is -0.987. The van der Waals surface area contributed by atoms with Gasteiger partial charge in [0.15, 0.2) is 11.6 Å². The van der Waals surface area contributed by atoms with Crippen molar-refractivity contribution < 1.29 is 18.7 Å². The number of benzene rings is 1. The molecule has 20 heavy (non-hydrogen) atoms. The number of amides is 2. The second kappa shape index (κ2) is 4.77. The van der Waals surface area contributed by atoms with Crippen molar-refractivity contribution in [1.29, 1.82) is 0 Å². The molecular formula is C14H17FN2O3. The first-order valence-corrected chi connectivity index (χ1v) is 6.27. The number of rotatable bonds is 2. The van der Waals surface area contributed by atoms with Gasteiger partial charge in [-0.05, 0) is 32.9 Å². The molecule has 1 aliphatic rings. The van der Waals surface area contributed by atoms with Crippen LogP contribution in [-0.4, -0.2) is 30.5 Å². The third-order valence-electron chi connectivity index (χ3n) is 3.37. The average Bonchev–Trinajstić information content (AvgIpc) is 2.38. The van der Waals surface area contributed by atoms with Crippen molar-refractivity contribution >= 4 is 17.5 Å². The maximum Gasteiger partial charge on any atom is 0.252 e. The number of nitrogens with zero attached hydrogens (tertiary/aromatic N) is 1. The second-order valence-corrected chi connectivity index (χ2v) is 5.28. The third-order valence-corrected chi connectivity index (χ3v) is 3.37. The van der Waals surface area contributed by atoms with Crippen LogP contribution in [0.1, 0.15) is 20.8 Å². The molecule has 1 N–H and O–H groups in total. The molecule has 0 aliphatic carbocycles. The van der Waals surface area contributed by atoms with Gasteiger partial charge < -0.3 is 10.1 Å². The Hall–Kier alpha value is -2.11. The van der Waals surface area contributed by atoms with Crippen molar-refractivity contribution in [3.8, 4) is 5.75 Å². The summed E-state index contributed by atoms with van der Waals surface area (Å²) in [4.78, 5) is 25.8. The Balaban J connectivity index is 2.48. The van der Waals surface area contributed by atoms with E-state index in [9.17, 15) is 14.0 Å². The molecule has 1 saturated heterocycles. The fourth-order valence-electron chi connectivity index (χ4n) is 2.20. The fourth-order valence-corrected chi connectivity index (χ4v) is 2.20. The zero-order valence-electron chi connectivity index (χ0n) is 11.9. The Morgan fingerprint density at radius 1 is 1.35 bits per heavy atom. The van der Waals surface area contributed by atoms with Crippen LogP contribution in [0.3, 0.4) is 0 Å². The van der Waals surface area contributed by atoms with Crippen LogP contribution in [0.4, 0.5) is 10.1 Å². The summed E-state index contributed by atoms with van der Waals surface area (Å²) in [6, 6.07) is 3.43. The van der Waals surface area contributed by atoms with Crippen LogP contribution in [0.5, 0.6) is 5.75 Å². The van der Waals surface area contributed by atoms with Gasteiger partial charge in [0.2, 0.25) is 5.91 Å². The maximum atomic E-state index is 13.5. The lowest BCUT2D eigenvalue weighted by Crippen LogP contribution is -2.67. The number of methoxy groups -OCH3 is 1. The van der Waals surface area contributed by atoms with Gasteiger partial charge in [-0.1, -0.05) is 0 Å². The molecule has 1 fully saturated rings. The van der Waals surface area contributed by atoms with Gasteiger partial charge >= 0.3 is 0 Å². The van der Waals surface area contributed by atoms with Gasteiger partial charge in [-0.2, -0.15) is 0 Å². The largest absolute Gasteiger partial charge is 0.494 e. The summed E-state index contributed by atoms with van der Waals surface area (Å²) in [5.41, 5.74) is -0.561. The predicted octanol–water partition coefficient (Wildman–Crippen LogP) is 1.46. The number of hydrogen-bond acceptors (Lipinski definition) is 3. The zero-order chi connectivity index (χ0) is 15.1. The highest BCUT2D eigenvalue weighted by molar-refractivity contribution is 6.10. The normalized spacial score (nSPS) is 21.6. The standard InChI is InChI=1S/C14H17FN2O3/c1-8-12(18)16-14(2,3)13(19)17(8)9-5-6-10(15)11(7-9)20-4/h5-8H,1-4H3,(H,16,18). The van der Waals surface area contributed by atoms with Gasteiger partial charge in [-0.15, -0.1) is 0 Å². The number of halogens is 1. The molecule has 0 spiro atoms. The fraction of sp³-hybridized carbons (Fsp3) is 0.429. The Bertz CT molecular complexity index is 572. The van der Waals surface area contributed by atoms with Gasteiger partial charge in [0, 0.05) is 11.8 Å². The Kier molecular flexibility index (Phi) is 3.41. The van der Waals surface area contributed by atoms with Crippen LogP contribution in [0.25, 0.3) is 0 Å². The number of anilines is 1. The summed E-state index contributed by atoms with van der Waals surface area (Å²) in [7, 11) is 1.35. The van der Waals surface area contributed by atoms with Crippen molar-refractivity contribution in [1.82, 2.24) is 5.32 Å². The summed E-state index contributed by atoms with van der Waals surface area (Å²) in [6.07, 6.45) is 0. The number of carbonyl (C=O) groups is 2. The minimum absolute atomic E-state index is 0.0336. The molecule has 6 heteroatoms. The first kappa shape index (κ1) is 14.3. The Morgan fingerprint density at radius 3 is 2.60 bits per heavy atom. The molecular weight excluding hydrogens is 263 g/mol. The predicted molar refractivity (Wildman–Crippen MR) is 72.1 cm³/mol. The number of nitrogens with one attached hydrogen (secondary N) is 1. The van der Waals surface area contributed by atoms with Gasteiger partial charge in [-0.3, -0.25) is 14.5 Å². The van der Waals surface area contributed by atoms with E-state index in [-0.39, 0.29) is 17.6 Å². The van der Waals surface area contributed by atoms with Crippen LogP contribution >= 0.6 is 0 Å². The first-order valence-electron chi connectivity index (χ1n) is 6.27. The van der Waals surface area contributed by atoms with Gasteiger partial charge in [-0.25, -0.2) is 4.39 Å². The highest BCUT2D eigenvalue weighted by Gasteiger charge is 2.44. The lowest BCUT2D eigenvalue weighted by atomic mass is 9.96. The van der Waals surface area contributed by atoms with Gasteiger partial charge in [0.25, 0.3) is 5.91 Å². The molecule has 0 bridgehead atoms. The van der Waals surface area contributed by atoms with Crippen LogP contribution in [-0.2, 0) is 9.59 Å². The van der Waals surface area contributed by atoms with E-state index in [4.69, 9.17) is 4.74 Å². The molecule has 1 atom stereocenters. The first-order chi connectivity index (χ1) is 9.27. The molecule has 1 aromatic carbocycles. The molecule has 0 radical (unpaired) electrons. The minimum Gasteiger partial charge on any atom is -0.494 e. The monoisotopic (exact) mass is 280 g/mol. The van der Waals surface area contributed by atoms with Gasteiger partial charge in [0.1, 0.15) is 11.6 Å².